The summed E-state index contributed by atoms with van der Waals surface area (Å²) in [5, 5.41) is 2.56. The number of hydrogen-bond donors (Lipinski definition) is 0. The molecule has 7 aromatic carbocycles. The monoisotopic (exact) mass is 771 g/mol. The van der Waals surface area contributed by atoms with Crippen LogP contribution in [0.3, 0.4) is 0 Å². The van der Waals surface area contributed by atoms with E-state index in [-0.39, 0.29) is 10.8 Å². The van der Waals surface area contributed by atoms with Crippen LogP contribution in [0.4, 0.5) is 0 Å². The van der Waals surface area contributed by atoms with Crippen LogP contribution in [0.5, 0.6) is 0 Å². The molecule has 0 aliphatic heterocycles. The lowest BCUT2D eigenvalue weighted by molar-refractivity contribution is 0.665. The summed E-state index contributed by atoms with van der Waals surface area (Å²) in [5.74, 6) is 1.94. The lowest BCUT2D eigenvalue weighted by Crippen LogP contribution is -2.15. The van der Waals surface area contributed by atoms with Crippen molar-refractivity contribution in [3.63, 3.8) is 0 Å². The van der Waals surface area contributed by atoms with Crippen molar-refractivity contribution >= 4 is 21.8 Å². The Morgan fingerprint density at radius 3 is 1.13 bits per heavy atom. The van der Waals surface area contributed by atoms with Crippen LogP contribution in [0.25, 0.3) is 89.9 Å². The molecule has 0 spiro atoms. The van der Waals surface area contributed by atoms with E-state index >= 15 is 0 Å². The molecule has 3 heterocycles. The standard InChI is InChI=1S/C55H41N5/c1-54(2)43-26-16-14-24-39(43)47-45(54)41-32-33-42-46-48(40-25-15-17-27-44(40)55(46,3)4)60(50(42)49(41)59(47)37-22-12-7-13-23-37)38-30-28-36(29-31-38)53-57-51(34-18-8-5-9-19-34)56-52(58-53)35-20-10-6-11-21-35/h5-33H,1-4H3. The number of fused-ring (bicyclic) bond motifs is 11. The van der Waals surface area contributed by atoms with Crippen LogP contribution >= 0.6 is 0 Å². The number of hydrogen-bond acceptors (Lipinski definition) is 3. The highest BCUT2D eigenvalue weighted by atomic mass is 15.1. The van der Waals surface area contributed by atoms with E-state index < -0.39 is 0 Å². The fraction of sp³-hybridized carbons (Fsp3) is 0.109. The van der Waals surface area contributed by atoms with Crippen LogP contribution in [0.15, 0.2) is 176 Å². The Morgan fingerprint density at radius 1 is 0.350 bits per heavy atom. The van der Waals surface area contributed by atoms with E-state index in [0.717, 1.165) is 28.1 Å². The summed E-state index contributed by atoms with van der Waals surface area (Å²) < 4.78 is 5.11. The lowest BCUT2D eigenvalue weighted by Gasteiger charge is -2.22. The smallest absolute Gasteiger partial charge is 0.164 e. The molecule has 0 atom stereocenters. The summed E-state index contributed by atoms with van der Waals surface area (Å²) >= 11 is 0. The van der Waals surface area contributed by atoms with Gasteiger partial charge in [-0.3, -0.25) is 0 Å². The first kappa shape index (κ1) is 34.7. The fourth-order valence-corrected chi connectivity index (χ4v) is 10.4. The Labute approximate surface area is 349 Å². The van der Waals surface area contributed by atoms with Gasteiger partial charge in [0.1, 0.15) is 0 Å². The van der Waals surface area contributed by atoms with E-state index in [2.05, 4.69) is 176 Å². The first-order valence-electron chi connectivity index (χ1n) is 20.8. The molecule has 5 nitrogen and oxygen atoms in total. The zero-order valence-corrected chi connectivity index (χ0v) is 34.0. The topological polar surface area (TPSA) is 48.5 Å². The van der Waals surface area contributed by atoms with Crippen LogP contribution in [0.1, 0.15) is 49.9 Å². The Bertz CT molecular complexity index is 3280. The number of benzene rings is 7. The zero-order valence-electron chi connectivity index (χ0n) is 34.0. The molecule has 0 fully saturated rings. The van der Waals surface area contributed by atoms with Gasteiger partial charge in [0, 0.05) is 60.8 Å². The van der Waals surface area contributed by atoms with E-state index in [1.54, 1.807) is 0 Å². The molecule has 286 valence electrons. The van der Waals surface area contributed by atoms with Crippen LogP contribution in [0, 0.1) is 0 Å². The van der Waals surface area contributed by atoms with Crippen molar-refractivity contribution in [1.82, 2.24) is 24.1 Å². The minimum Gasteiger partial charge on any atom is -0.307 e. The molecule has 0 amide bonds. The summed E-state index contributed by atoms with van der Waals surface area (Å²) in [6, 6.07) is 62.9. The van der Waals surface area contributed by atoms with Gasteiger partial charge in [0.25, 0.3) is 0 Å². The highest BCUT2D eigenvalue weighted by Crippen LogP contribution is 2.58. The second-order valence-electron chi connectivity index (χ2n) is 17.2. The molecular formula is C55H41N5. The van der Waals surface area contributed by atoms with Crippen LogP contribution < -0.4 is 0 Å². The molecule has 2 aliphatic rings. The average Bonchev–Trinajstić information content (AvgIpc) is 3.98. The molecule has 0 unspecified atom stereocenters. The summed E-state index contributed by atoms with van der Waals surface area (Å²) in [6.07, 6.45) is 0. The predicted octanol–water partition coefficient (Wildman–Crippen LogP) is 13.4. The Morgan fingerprint density at radius 2 is 0.700 bits per heavy atom. The minimum atomic E-state index is -0.214. The Hall–Kier alpha value is -7.37. The van der Waals surface area contributed by atoms with Crippen molar-refractivity contribution in [2.24, 2.45) is 0 Å². The van der Waals surface area contributed by atoms with Crippen LogP contribution in [-0.2, 0) is 10.8 Å². The Balaban J connectivity index is 1.15. The number of aromatic nitrogens is 5. The number of para-hydroxylation sites is 1. The maximum Gasteiger partial charge on any atom is 0.164 e. The molecule has 12 rings (SSSR count). The van der Waals surface area contributed by atoms with Crippen molar-refractivity contribution in [2.45, 2.75) is 38.5 Å². The molecule has 0 N–H and O–H groups in total. The van der Waals surface area contributed by atoms with E-state index in [1.807, 2.05) is 36.4 Å². The van der Waals surface area contributed by atoms with Gasteiger partial charge in [-0.1, -0.05) is 167 Å². The van der Waals surface area contributed by atoms with Gasteiger partial charge in [-0.05, 0) is 58.7 Å². The van der Waals surface area contributed by atoms with E-state index in [4.69, 9.17) is 15.0 Å². The third-order valence-electron chi connectivity index (χ3n) is 13.1. The van der Waals surface area contributed by atoms with Gasteiger partial charge >= 0.3 is 0 Å². The van der Waals surface area contributed by atoms with Gasteiger partial charge in [0.05, 0.1) is 22.4 Å². The van der Waals surface area contributed by atoms with Crippen molar-refractivity contribution in [1.29, 1.82) is 0 Å². The van der Waals surface area contributed by atoms with E-state index in [0.29, 0.717) is 17.5 Å². The van der Waals surface area contributed by atoms with Gasteiger partial charge in [0.2, 0.25) is 0 Å². The molecule has 0 saturated heterocycles. The lowest BCUT2D eigenvalue weighted by atomic mass is 9.80. The molecule has 2 aliphatic carbocycles. The highest BCUT2D eigenvalue weighted by molar-refractivity contribution is 6.15. The molecular weight excluding hydrogens is 731 g/mol. The maximum absolute atomic E-state index is 5.06. The number of nitrogens with zero attached hydrogens (tertiary/aromatic N) is 5. The van der Waals surface area contributed by atoms with Crippen LogP contribution in [-0.4, -0.2) is 24.1 Å². The quantitative estimate of drug-likeness (QED) is 0.175. The van der Waals surface area contributed by atoms with Crippen molar-refractivity contribution < 1.29 is 0 Å². The third-order valence-corrected chi connectivity index (χ3v) is 13.1. The zero-order chi connectivity index (χ0) is 40.3. The molecule has 60 heavy (non-hydrogen) atoms. The molecule has 0 bridgehead atoms. The van der Waals surface area contributed by atoms with Gasteiger partial charge in [0.15, 0.2) is 17.5 Å². The normalized spacial score (nSPS) is 14.3. The van der Waals surface area contributed by atoms with E-state index in [9.17, 15) is 0 Å². The van der Waals surface area contributed by atoms with Crippen molar-refractivity contribution in [3.05, 3.63) is 198 Å². The van der Waals surface area contributed by atoms with E-state index in [1.165, 1.54) is 66.6 Å². The fourth-order valence-electron chi connectivity index (χ4n) is 10.4. The SMILES string of the molecule is CC1(C)c2ccccc2-c2c1c1ccc3c4c(n(-c5ccc(-c6nc(-c7ccccc7)nc(-c7ccccc7)n6)cc5)c3c1n2-c1ccccc1)-c1ccccc1C4(C)C. The molecule has 0 radical (unpaired) electrons. The maximum atomic E-state index is 5.06. The number of rotatable bonds is 5. The van der Waals surface area contributed by atoms with Gasteiger partial charge < -0.3 is 9.13 Å². The van der Waals surface area contributed by atoms with Crippen molar-refractivity contribution in [3.8, 4) is 68.1 Å². The largest absolute Gasteiger partial charge is 0.307 e. The predicted molar refractivity (Wildman–Crippen MR) is 245 cm³/mol. The summed E-state index contributed by atoms with van der Waals surface area (Å²) in [4.78, 5) is 15.1. The molecule has 5 heteroatoms. The average molecular weight is 772 g/mol. The van der Waals surface area contributed by atoms with Crippen molar-refractivity contribution in [2.75, 3.05) is 0 Å². The summed E-state index contributed by atoms with van der Waals surface area (Å²) in [6.45, 7) is 9.56. The van der Waals surface area contributed by atoms with Gasteiger partial charge in [-0.2, -0.15) is 0 Å². The molecule has 3 aromatic heterocycles. The first-order chi connectivity index (χ1) is 29.3. The first-order valence-corrected chi connectivity index (χ1v) is 20.8. The van der Waals surface area contributed by atoms with Crippen LogP contribution in [0.2, 0.25) is 0 Å². The highest BCUT2D eigenvalue weighted by Gasteiger charge is 2.44. The molecule has 10 aromatic rings. The second kappa shape index (κ2) is 12.6. The summed E-state index contributed by atoms with van der Waals surface area (Å²) in [5.41, 5.74) is 17.7. The third kappa shape index (κ3) is 4.77. The Kier molecular flexibility index (Phi) is 7.26. The summed E-state index contributed by atoms with van der Waals surface area (Å²) in [7, 11) is 0. The van der Waals surface area contributed by atoms with Gasteiger partial charge in [-0.15, -0.1) is 0 Å². The minimum absolute atomic E-state index is 0.187. The second-order valence-corrected chi connectivity index (χ2v) is 17.2. The molecule has 0 saturated carbocycles. The van der Waals surface area contributed by atoms with Gasteiger partial charge in [-0.25, -0.2) is 15.0 Å².